The monoisotopic (exact) mass is 227 g/mol. The van der Waals surface area contributed by atoms with Crippen molar-refractivity contribution < 1.29 is 4.79 Å². The zero-order chi connectivity index (χ0) is 11.3. The summed E-state index contributed by atoms with van der Waals surface area (Å²) >= 11 is 1.57. The van der Waals surface area contributed by atoms with Crippen LogP contribution in [0.1, 0.15) is 24.5 Å². The van der Waals surface area contributed by atoms with Crippen LogP contribution in [0.25, 0.3) is 0 Å². The highest BCUT2D eigenvalue weighted by atomic mass is 32.1. The van der Waals surface area contributed by atoms with Crippen molar-refractivity contribution in [2.45, 2.75) is 33.4 Å². The maximum atomic E-state index is 11.3. The number of nitrogens with zero attached hydrogens (tertiary/aromatic N) is 1. The van der Waals surface area contributed by atoms with Crippen molar-refractivity contribution in [2.24, 2.45) is 0 Å². The predicted molar refractivity (Wildman–Crippen MR) is 61.8 cm³/mol. The molecular weight excluding hydrogens is 210 g/mol. The lowest BCUT2D eigenvalue weighted by atomic mass is 10.4. The third-order valence-corrected chi connectivity index (χ3v) is 2.74. The number of aromatic nitrogens is 1. The minimum absolute atomic E-state index is 0.0107. The zero-order valence-corrected chi connectivity index (χ0v) is 10.1. The van der Waals surface area contributed by atoms with Gasteiger partial charge in [0.1, 0.15) is 5.01 Å². The van der Waals surface area contributed by atoms with Gasteiger partial charge < -0.3 is 10.6 Å². The number of aryl methyl sites for hydroxylation is 1. The van der Waals surface area contributed by atoms with E-state index in [-0.39, 0.29) is 5.91 Å². The Morgan fingerprint density at radius 1 is 1.60 bits per heavy atom. The van der Waals surface area contributed by atoms with Gasteiger partial charge in [-0.1, -0.05) is 13.8 Å². The fourth-order valence-electron chi connectivity index (χ4n) is 1.02. The Bertz CT molecular complexity index is 322. The lowest BCUT2D eigenvalue weighted by Crippen LogP contribution is -2.36. The van der Waals surface area contributed by atoms with Crippen molar-refractivity contribution >= 4 is 17.2 Å². The third-order valence-electron chi connectivity index (χ3n) is 1.77. The molecule has 0 radical (unpaired) electrons. The highest BCUT2D eigenvalue weighted by molar-refractivity contribution is 7.09. The molecule has 5 heteroatoms. The van der Waals surface area contributed by atoms with E-state index in [1.54, 1.807) is 11.3 Å². The Kier molecular flexibility index (Phi) is 4.71. The molecule has 0 saturated heterocycles. The van der Waals surface area contributed by atoms with Gasteiger partial charge in [0, 0.05) is 17.1 Å². The summed E-state index contributed by atoms with van der Waals surface area (Å²) in [5, 5.41) is 8.80. The average Bonchev–Trinajstić information content (AvgIpc) is 2.58. The first-order valence-corrected chi connectivity index (χ1v) is 5.87. The lowest BCUT2D eigenvalue weighted by molar-refractivity contribution is -0.120. The second-order valence-corrected chi connectivity index (χ2v) is 4.64. The van der Waals surface area contributed by atoms with E-state index >= 15 is 0 Å². The number of amides is 1. The van der Waals surface area contributed by atoms with Gasteiger partial charge in [-0.05, 0) is 6.92 Å². The number of hydrogen-bond donors (Lipinski definition) is 2. The van der Waals surface area contributed by atoms with Crippen LogP contribution >= 0.6 is 11.3 Å². The number of nitrogens with one attached hydrogen (secondary N) is 2. The molecule has 0 aliphatic carbocycles. The lowest BCUT2D eigenvalue weighted by Gasteiger charge is -2.07. The van der Waals surface area contributed by atoms with Crippen LogP contribution < -0.4 is 10.6 Å². The molecule has 84 valence electrons. The maximum Gasteiger partial charge on any atom is 0.234 e. The third kappa shape index (κ3) is 4.90. The van der Waals surface area contributed by atoms with Crippen LogP contribution in [-0.4, -0.2) is 23.5 Å². The Hall–Kier alpha value is -0.940. The van der Waals surface area contributed by atoms with Crippen molar-refractivity contribution in [1.29, 1.82) is 0 Å². The first-order chi connectivity index (χ1) is 7.08. The molecule has 0 spiro atoms. The van der Waals surface area contributed by atoms with Crippen LogP contribution in [-0.2, 0) is 11.3 Å². The summed E-state index contributed by atoms with van der Waals surface area (Å²) in [7, 11) is 0. The molecule has 0 unspecified atom stereocenters. The summed E-state index contributed by atoms with van der Waals surface area (Å²) in [6.45, 7) is 6.86. The molecule has 1 amide bonds. The highest BCUT2D eigenvalue weighted by Crippen LogP contribution is 2.07. The second kappa shape index (κ2) is 5.82. The molecule has 0 aromatic carbocycles. The number of carbonyl (C=O) groups is 1. The van der Waals surface area contributed by atoms with E-state index in [4.69, 9.17) is 0 Å². The van der Waals surface area contributed by atoms with Gasteiger partial charge in [-0.25, -0.2) is 4.98 Å². The van der Waals surface area contributed by atoms with Crippen molar-refractivity contribution in [3.8, 4) is 0 Å². The minimum Gasteiger partial charge on any atom is -0.348 e. The topological polar surface area (TPSA) is 54.0 Å². The van der Waals surface area contributed by atoms with Crippen LogP contribution in [0.15, 0.2) is 5.38 Å². The first-order valence-electron chi connectivity index (χ1n) is 4.99. The zero-order valence-electron chi connectivity index (χ0n) is 9.33. The minimum atomic E-state index is 0.0107. The van der Waals surface area contributed by atoms with E-state index in [9.17, 15) is 4.79 Å². The number of thiazole rings is 1. The fourth-order valence-corrected chi connectivity index (χ4v) is 1.73. The standard InChI is InChI=1S/C10H17N3OS/c1-7(2)11-4-9(14)12-5-10-13-8(3)6-15-10/h6-7,11H,4-5H2,1-3H3,(H,12,14). The SMILES string of the molecule is Cc1csc(CNC(=O)CNC(C)C)n1. The van der Waals surface area contributed by atoms with E-state index in [2.05, 4.69) is 15.6 Å². The summed E-state index contributed by atoms with van der Waals surface area (Å²) in [4.78, 5) is 15.6. The number of rotatable bonds is 5. The molecule has 0 aliphatic rings. The van der Waals surface area contributed by atoms with Crippen LogP contribution in [0.5, 0.6) is 0 Å². The van der Waals surface area contributed by atoms with Gasteiger partial charge >= 0.3 is 0 Å². The van der Waals surface area contributed by atoms with Crippen molar-refractivity contribution in [3.05, 3.63) is 16.1 Å². The van der Waals surface area contributed by atoms with Crippen molar-refractivity contribution in [3.63, 3.8) is 0 Å². The van der Waals surface area contributed by atoms with Crippen LogP contribution in [0, 0.1) is 6.92 Å². The predicted octanol–water partition coefficient (Wildman–Crippen LogP) is 1.07. The normalized spacial score (nSPS) is 10.7. The average molecular weight is 227 g/mol. The van der Waals surface area contributed by atoms with Crippen LogP contribution in [0.2, 0.25) is 0 Å². The van der Waals surface area contributed by atoms with Crippen LogP contribution in [0.3, 0.4) is 0 Å². The van der Waals surface area contributed by atoms with Crippen molar-refractivity contribution in [2.75, 3.05) is 6.54 Å². The van der Waals surface area contributed by atoms with Gasteiger partial charge in [-0.2, -0.15) is 0 Å². The molecular formula is C10H17N3OS. The molecule has 1 aromatic heterocycles. The largest absolute Gasteiger partial charge is 0.348 e. The van der Waals surface area contributed by atoms with E-state index in [1.807, 2.05) is 26.2 Å². The molecule has 1 heterocycles. The molecule has 0 atom stereocenters. The Morgan fingerprint density at radius 3 is 2.87 bits per heavy atom. The molecule has 0 saturated carbocycles. The van der Waals surface area contributed by atoms with Gasteiger partial charge in [0.2, 0.25) is 5.91 Å². The smallest absolute Gasteiger partial charge is 0.234 e. The summed E-state index contributed by atoms with van der Waals surface area (Å²) in [5.41, 5.74) is 1.00. The van der Waals surface area contributed by atoms with Gasteiger partial charge in [-0.15, -0.1) is 11.3 Å². The Labute approximate surface area is 94.1 Å². The number of carbonyl (C=O) groups excluding carboxylic acids is 1. The second-order valence-electron chi connectivity index (χ2n) is 3.69. The van der Waals surface area contributed by atoms with E-state index in [1.165, 1.54) is 0 Å². The molecule has 15 heavy (non-hydrogen) atoms. The Balaban J connectivity index is 2.22. The van der Waals surface area contributed by atoms with Gasteiger partial charge in [-0.3, -0.25) is 4.79 Å². The number of hydrogen-bond acceptors (Lipinski definition) is 4. The molecule has 4 nitrogen and oxygen atoms in total. The highest BCUT2D eigenvalue weighted by Gasteiger charge is 2.03. The van der Waals surface area contributed by atoms with E-state index in [0.717, 1.165) is 10.7 Å². The van der Waals surface area contributed by atoms with E-state index in [0.29, 0.717) is 19.1 Å². The molecule has 0 bridgehead atoms. The van der Waals surface area contributed by atoms with Crippen LogP contribution in [0.4, 0.5) is 0 Å². The van der Waals surface area contributed by atoms with E-state index < -0.39 is 0 Å². The molecule has 2 N–H and O–H groups in total. The summed E-state index contributed by atoms with van der Waals surface area (Å²) in [6, 6.07) is 0.331. The summed E-state index contributed by atoms with van der Waals surface area (Å²) < 4.78 is 0. The van der Waals surface area contributed by atoms with Gasteiger partial charge in [0.05, 0.1) is 13.1 Å². The van der Waals surface area contributed by atoms with Crippen molar-refractivity contribution in [1.82, 2.24) is 15.6 Å². The Morgan fingerprint density at radius 2 is 2.33 bits per heavy atom. The quantitative estimate of drug-likeness (QED) is 0.791. The summed E-state index contributed by atoms with van der Waals surface area (Å²) in [5.74, 6) is 0.0107. The van der Waals surface area contributed by atoms with Gasteiger partial charge in [0.15, 0.2) is 0 Å². The molecule has 0 fully saturated rings. The molecule has 1 aromatic rings. The maximum absolute atomic E-state index is 11.3. The molecule has 1 rings (SSSR count). The molecule has 0 aliphatic heterocycles. The fraction of sp³-hybridized carbons (Fsp3) is 0.600. The summed E-state index contributed by atoms with van der Waals surface area (Å²) in [6.07, 6.45) is 0. The van der Waals surface area contributed by atoms with Gasteiger partial charge in [0.25, 0.3) is 0 Å². The first kappa shape index (κ1) is 12.1.